The number of carbonyl (C=O) groups is 1. The highest BCUT2D eigenvalue weighted by atomic mass is 32.2. The largest absolute Gasteiger partial charge is 0.350 e. The fraction of sp³-hybridized carbons (Fsp3) is 0.500. The number of carbonyl (C=O) groups excluding carboxylic acids is 1. The summed E-state index contributed by atoms with van der Waals surface area (Å²) >= 11 is 0. The smallest absolute Gasteiger partial charge is 0.255 e. The third-order valence-corrected chi connectivity index (χ3v) is 3.52. The predicted octanol–water partition coefficient (Wildman–Crippen LogP) is -0.267. The van der Waals surface area contributed by atoms with Crippen molar-refractivity contribution in [1.82, 2.24) is 15.0 Å². The minimum atomic E-state index is -3.36. The van der Waals surface area contributed by atoms with E-state index < -0.39 is 15.6 Å². The van der Waals surface area contributed by atoms with Gasteiger partial charge in [0.15, 0.2) is 0 Å². The minimum absolute atomic E-state index is 0.122. The molecule has 0 unspecified atom stereocenters. The normalized spacial score (nSPS) is 12.0. The van der Waals surface area contributed by atoms with Crippen LogP contribution in [0.3, 0.4) is 0 Å². The second kappa shape index (κ2) is 6.37. The molecule has 0 aliphatic rings. The first-order valence-corrected chi connectivity index (χ1v) is 8.13. The van der Waals surface area contributed by atoms with Gasteiger partial charge in [0, 0.05) is 24.0 Å². The molecule has 8 nitrogen and oxygen atoms in total. The lowest BCUT2D eigenvalue weighted by molar-refractivity contribution is 0.0945. The third kappa shape index (κ3) is 5.66. The van der Waals surface area contributed by atoms with E-state index in [2.05, 4.69) is 20.4 Å². The van der Waals surface area contributed by atoms with Crippen LogP contribution in [0.2, 0.25) is 0 Å². The van der Waals surface area contributed by atoms with Crippen molar-refractivity contribution in [3.05, 3.63) is 23.5 Å². The number of nitrogens with zero attached hydrogens (tertiary/aromatic N) is 1. The highest BCUT2D eigenvalue weighted by Crippen LogP contribution is 2.14. The first-order valence-electron chi connectivity index (χ1n) is 6.24. The SMILES string of the molecule is Cc1cc(NN)c(C(=O)NCC(C)(C)NS(C)(=O)=O)cn1. The summed E-state index contributed by atoms with van der Waals surface area (Å²) in [5.41, 5.74) is 3.10. The monoisotopic (exact) mass is 315 g/mol. The van der Waals surface area contributed by atoms with Gasteiger partial charge in [0.25, 0.3) is 5.91 Å². The summed E-state index contributed by atoms with van der Waals surface area (Å²) in [4.78, 5) is 16.2. The molecular formula is C12H21N5O3S. The Balaban J connectivity index is 2.79. The van der Waals surface area contributed by atoms with Gasteiger partial charge in [-0.1, -0.05) is 0 Å². The van der Waals surface area contributed by atoms with E-state index in [1.165, 1.54) is 6.20 Å². The van der Waals surface area contributed by atoms with Crippen molar-refractivity contribution in [2.45, 2.75) is 26.3 Å². The molecule has 21 heavy (non-hydrogen) atoms. The molecule has 1 rings (SSSR count). The predicted molar refractivity (Wildman–Crippen MR) is 81.2 cm³/mol. The Labute approximate surface area is 124 Å². The highest BCUT2D eigenvalue weighted by Gasteiger charge is 2.23. The van der Waals surface area contributed by atoms with Crippen molar-refractivity contribution >= 4 is 21.6 Å². The molecule has 1 aromatic heterocycles. The zero-order valence-corrected chi connectivity index (χ0v) is 13.3. The molecule has 0 aromatic carbocycles. The molecular weight excluding hydrogens is 294 g/mol. The van der Waals surface area contributed by atoms with E-state index in [0.29, 0.717) is 11.3 Å². The number of pyridine rings is 1. The molecule has 5 N–H and O–H groups in total. The number of sulfonamides is 1. The third-order valence-electron chi connectivity index (χ3n) is 2.59. The van der Waals surface area contributed by atoms with E-state index >= 15 is 0 Å². The van der Waals surface area contributed by atoms with Crippen LogP contribution in [0.5, 0.6) is 0 Å². The van der Waals surface area contributed by atoms with Crippen molar-refractivity contribution < 1.29 is 13.2 Å². The molecule has 0 radical (unpaired) electrons. The summed E-state index contributed by atoms with van der Waals surface area (Å²) < 4.78 is 24.9. The fourth-order valence-electron chi connectivity index (χ4n) is 1.79. The number of hydrogen-bond acceptors (Lipinski definition) is 6. The molecule has 0 fully saturated rings. The average Bonchev–Trinajstić information content (AvgIpc) is 2.33. The van der Waals surface area contributed by atoms with Crippen molar-refractivity contribution in [3.8, 4) is 0 Å². The molecule has 0 aliphatic carbocycles. The Bertz CT molecular complexity index is 628. The summed E-state index contributed by atoms with van der Waals surface area (Å²) in [5.74, 6) is 4.98. The van der Waals surface area contributed by atoms with E-state index in [9.17, 15) is 13.2 Å². The molecule has 0 spiro atoms. The van der Waals surface area contributed by atoms with Crippen molar-refractivity contribution in [1.29, 1.82) is 0 Å². The second-order valence-electron chi connectivity index (χ2n) is 5.46. The number of nitrogens with one attached hydrogen (secondary N) is 3. The van der Waals surface area contributed by atoms with E-state index in [4.69, 9.17) is 5.84 Å². The van der Waals surface area contributed by atoms with Crippen molar-refractivity contribution in [3.63, 3.8) is 0 Å². The van der Waals surface area contributed by atoms with Gasteiger partial charge in [0.1, 0.15) is 0 Å². The fourth-order valence-corrected chi connectivity index (χ4v) is 2.87. The molecule has 1 amide bonds. The standard InChI is InChI=1S/C12H21N5O3S/c1-8-5-10(16-13)9(6-14-8)11(18)15-7-12(2,3)17-21(4,19)20/h5-6,17H,7,13H2,1-4H3,(H,14,16)(H,15,18). The lowest BCUT2D eigenvalue weighted by Crippen LogP contribution is -2.51. The van der Waals surface area contributed by atoms with Crippen LogP contribution in [0.4, 0.5) is 5.69 Å². The Morgan fingerprint density at radius 2 is 2.05 bits per heavy atom. The lowest BCUT2D eigenvalue weighted by Gasteiger charge is -2.25. The number of hydrogen-bond donors (Lipinski definition) is 4. The minimum Gasteiger partial charge on any atom is -0.350 e. The molecule has 0 bridgehead atoms. The number of nitrogens with two attached hydrogens (primary N) is 1. The number of anilines is 1. The Kier molecular flexibility index (Phi) is 5.26. The van der Waals surface area contributed by atoms with Crippen LogP contribution in [0.25, 0.3) is 0 Å². The summed E-state index contributed by atoms with van der Waals surface area (Å²) in [6.45, 7) is 5.24. The average molecular weight is 315 g/mol. The second-order valence-corrected chi connectivity index (χ2v) is 7.20. The van der Waals surface area contributed by atoms with E-state index in [1.807, 2.05) is 0 Å². The maximum absolute atomic E-state index is 12.1. The highest BCUT2D eigenvalue weighted by molar-refractivity contribution is 7.88. The van der Waals surface area contributed by atoms with Gasteiger partial charge < -0.3 is 10.7 Å². The number of hydrazine groups is 1. The zero-order chi connectivity index (χ0) is 16.3. The summed E-state index contributed by atoms with van der Waals surface area (Å²) in [6.07, 6.45) is 2.48. The van der Waals surface area contributed by atoms with Gasteiger partial charge in [-0.2, -0.15) is 0 Å². The first kappa shape index (κ1) is 17.3. The zero-order valence-electron chi connectivity index (χ0n) is 12.5. The number of aromatic nitrogens is 1. The van der Waals surface area contributed by atoms with Gasteiger partial charge in [-0.15, -0.1) is 0 Å². The summed E-state index contributed by atoms with van der Waals surface area (Å²) in [5, 5.41) is 2.65. The van der Waals surface area contributed by atoms with Gasteiger partial charge in [-0.05, 0) is 26.8 Å². The molecule has 1 aromatic rings. The van der Waals surface area contributed by atoms with Crippen LogP contribution in [-0.2, 0) is 10.0 Å². The van der Waals surface area contributed by atoms with Crippen LogP contribution in [0.1, 0.15) is 29.9 Å². The summed E-state index contributed by atoms with van der Waals surface area (Å²) in [7, 11) is -3.36. The molecule has 0 saturated carbocycles. The quantitative estimate of drug-likeness (QED) is 0.423. The lowest BCUT2D eigenvalue weighted by atomic mass is 10.1. The summed E-state index contributed by atoms with van der Waals surface area (Å²) in [6, 6.07) is 1.65. The van der Waals surface area contributed by atoms with Gasteiger partial charge >= 0.3 is 0 Å². The van der Waals surface area contributed by atoms with E-state index in [1.54, 1.807) is 26.8 Å². The van der Waals surface area contributed by atoms with Gasteiger partial charge in [-0.3, -0.25) is 15.6 Å². The number of amides is 1. The van der Waals surface area contributed by atoms with E-state index in [-0.39, 0.29) is 12.5 Å². The number of rotatable bonds is 6. The maximum Gasteiger partial charge on any atom is 0.255 e. The number of nitrogen functional groups attached to an aromatic ring is 1. The Morgan fingerprint density at radius 1 is 1.43 bits per heavy atom. The molecule has 9 heteroatoms. The van der Waals surface area contributed by atoms with Crippen molar-refractivity contribution in [2.75, 3.05) is 18.2 Å². The molecule has 0 aliphatic heterocycles. The van der Waals surface area contributed by atoms with Crippen LogP contribution in [-0.4, -0.2) is 37.6 Å². The van der Waals surface area contributed by atoms with Gasteiger partial charge in [0.2, 0.25) is 10.0 Å². The van der Waals surface area contributed by atoms with Crippen LogP contribution in [0, 0.1) is 6.92 Å². The Hall–Kier alpha value is -1.71. The van der Waals surface area contributed by atoms with Crippen molar-refractivity contribution in [2.24, 2.45) is 5.84 Å². The molecule has 0 saturated heterocycles. The van der Waals surface area contributed by atoms with E-state index in [0.717, 1.165) is 11.9 Å². The van der Waals surface area contributed by atoms with Crippen LogP contribution < -0.4 is 21.3 Å². The maximum atomic E-state index is 12.1. The molecule has 118 valence electrons. The van der Waals surface area contributed by atoms with Crippen LogP contribution in [0.15, 0.2) is 12.3 Å². The first-order chi connectivity index (χ1) is 9.54. The Morgan fingerprint density at radius 3 is 2.57 bits per heavy atom. The van der Waals surface area contributed by atoms with Crippen LogP contribution >= 0.6 is 0 Å². The van der Waals surface area contributed by atoms with Gasteiger partial charge in [0.05, 0.1) is 17.5 Å². The molecule has 1 heterocycles. The molecule has 0 atom stereocenters. The van der Waals surface area contributed by atoms with Gasteiger partial charge in [-0.25, -0.2) is 13.1 Å². The number of aryl methyl sites for hydroxylation is 1. The topological polar surface area (TPSA) is 126 Å².